The highest BCUT2D eigenvalue weighted by molar-refractivity contribution is 5.77. The van der Waals surface area contributed by atoms with Crippen LogP contribution in [0.2, 0.25) is 0 Å². The minimum Gasteiger partial charge on any atom is -0.466 e. The Hall–Kier alpha value is -2.36. The molecule has 0 fully saturated rings. The van der Waals surface area contributed by atoms with E-state index in [0.29, 0.717) is 25.2 Å². The monoisotopic (exact) mass is 316 g/mol. The minimum atomic E-state index is -0.341. The lowest BCUT2D eigenvalue weighted by Crippen LogP contribution is -2.10. The first-order valence-electron chi connectivity index (χ1n) is 7.79. The highest BCUT2D eigenvalue weighted by Crippen LogP contribution is 2.19. The van der Waals surface area contributed by atoms with Crippen molar-refractivity contribution >= 4 is 11.9 Å². The van der Waals surface area contributed by atoms with Gasteiger partial charge in [0, 0.05) is 0 Å². The van der Waals surface area contributed by atoms with Crippen LogP contribution < -0.4 is 0 Å². The lowest BCUT2D eigenvalue weighted by molar-refractivity contribution is -0.143. The first-order valence-corrected chi connectivity index (χ1v) is 7.79. The second kappa shape index (κ2) is 10.4. The number of carbonyl (C=O) groups excluding carboxylic acids is 2. The van der Waals surface area contributed by atoms with Gasteiger partial charge in [0.05, 0.1) is 26.1 Å². The van der Waals surface area contributed by atoms with E-state index in [-0.39, 0.29) is 24.8 Å². The Balaban J connectivity index is 2.80. The van der Waals surface area contributed by atoms with Gasteiger partial charge in [0.2, 0.25) is 0 Å². The summed E-state index contributed by atoms with van der Waals surface area (Å²) in [7, 11) is 0. The van der Waals surface area contributed by atoms with Gasteiger partial charge in [-0.2, -0.15) is 0 Å². The zero-order valence-electron chi connectivity index (χ0n) is 13.8. The summed E-state index contributed by atoms with van der Waals surface area (Å²) in [6, 6.07) is 9.88. The second-order valence-corrected chi connectivity index (χ2v) is 4.99. The Kier molecular flexibility index (Phi) is 8.43. The van der Waals surface area contributed by atoms with Gasteiger partial charge < -0.3 is 9.47 Å². The lowest BCUT2D eigenvalue weighted by atomic mass is 9.99. The first kappa shape index (κ1) is 18.7. The first-order chi connectivity index (χ1) is 11.1. The van der Waals surface area contributed by atoms with Crippen molar-refractivity contribution in [3.8, 4) is 0 Å². The van der Waals surface area contributed by atoms with E-state index in [2.05, 4.69) is 6.58 Å². The van der Waals surface area contributed by atoms with Crippen molar-refractivity contribution in [1.82, 2.24) is 0 Å². The van der Waals surface area contributed by atoms with Crippen LogP contribution in [-0.4, -0.2) is 25.2 Å². The van der Waals surface area contributed by atoms with Crippen LogP contribution in [0.1, 0.15) is 32.3 Å². The Labute approximate surface area is 137 Å². The zero-order chi connectivity index (χ0) is 17.1. The highest BCUT2D eigenvalue weighted by atomic mass is 16.5. The fourth-order valence-electron chi connectivity index (χ4n) is 2.06. The van der Waals surface area contributed by atoms with E-state index in [1.54, 1.807) is 13.8 Å². The van der Waals surface area contributed by atoms with Gasteiger partial charge in [-0.05, 0) is 37.0 Å². The number of esters is 2. The molecular formula is C19H24O4. The fourth-order valence-corrected chi connectivity index (χ4v) is 2.06. The van der Waals surface area contributed by atoms with E-state index in [1.165, 1.54) is 0 Å². The number of ether oxygens (including phenoxy) is 2. The Bertz CT molecular complexity index is 558. The SMILES string of the molecule is C=C(CC(=O)OCC)/C(=C/Cc1ccccc1)CC(=O)OCC. The summed E-state index contributed by atoms with van der Waals surface area (Å²) in [6.45, 7) is 8.10. The molecule has 0 unspecified atom stereocenters. The molecule has 0 atom stereocenters. The summed E-state index contributed by atoms with van der Waals surface area (Å²) in [5.74, 6) is -0.663. The van der Waals surface area contributed by atoms with Crippen molar-refractivity contribution in [2.24, 2.45) is 0 Å². The van der Waals surface area contributed by atoms with E-state index in [0.717, 1.165) is 11.1 Å². The molecule has 0 heterocycles. The number of benzene rings is 1. The van der Waals surface area contributed by atoms with Crippen molar-refractivity contribution in [3.63, 3.8) is 0 Å². The average molecular weight is 316 g/mol. The summed E-state index contributed by atoms with van der Waals surface area (Å²) in [6.07, 6.45) is 2.78. The molecule has 0 radical (unpaired) electrons. The number of allylic oxidation sites excluding steroid dienone is 1. The maximum absolute atomic E-state index is 11.8. The van der Waals surface area contributed by atoms with Crippen LogP contribution >= 0.6 is 0 Å². The van der Waals surface area contributed by atoms with Crippen LogP contribution in [0.3, 0.4) is 0 Å². The van der Waals surface area contributed by atoms with Crippen LogP contribution in [0.15, 0.2) is 54.1 Å². The van der Waals surface area contributed by atoms with E-state index < -0.39 is 0 Å². The molecule has 0 saturated heterocycles. The molecule has 0 aromatic heterocycles. The molecular weight excluding hydrogens is 292 g/mol. The molecule has 0 spiro atoms. The van der Waals surface area contributed by atoms with Gasteiger partial charge in [-0.3, -0.25) is 9.59 Å². The standard InChI is InChI=1S/C19H24O4/c1-4-22-18(20)13-15(3)17(14-19(21)23-5-2)12-11-16-9-7-6-8-10-16/h6-10,12H,3-5,11,13-14H2,1-2H3/b17-12+. The summed E-state index contributed by atoms with van der Waals surface area (Å²) in [4.78, 5) is 23.4. The fraction of sp³-hybridized carbons (Fsp3) is 0.368. The van der Waals surface area contributed by atoms with E-state index >= 15 is 0 Å². The van der Waals surface area contributed by atoms with Crippen LogP contribution in [0.5, 0.6) is 0 Å². The maximum Gasteiger partial charge on any atom is 0.310 e. The van der Waals surface area contributed by atoms with Gasteiger partial charge in [-0.1, -0.05) is 43.0 Å². The second-order valence-electron chi connectivity index (χ2n) is 4.99. The number of rotatable bonds is 9. The van der Waals surface area contributed by atoms with Crippen molar-refractivity contribution in [2.75, 3.05) is 13.2 Å². The topological polar surface area (TPSA) is 52.6 Å². The zero-order valence-corrected chi connectivity index (χ0v) is 13.8. The number of hydrogen-bond acceptors (Lipinski definition) is 4. The van der Waals surface area contributed by atoms with E-state index in [1.807, 2.05) is 36.4 Å². The lowest BCUT2D eigenvalue weighted by Gasteiger charge is -2.11. The van der Waals surface area contributed by atoms with Gasteiger partial charge in [0.25, 0.3) is 0 Å². The molecule has 0 amide bonds. The Morgan fingerprint density at radius 1 is 1.00 bits per heavy atom. The minimum absolute atomic E-state index is 0.0773. The predicted octanol–water partition coefficient (Wildman–Crippen LogP) is 3.62. The predicted molar refractivity (Wildman–Crippen MR) is 89.9 cm³/mol. The smallest absolute Gasteiger partial charge is 0.310 e. The molecule has 0 aliphatic carbocycles. The third kappa shape index (κ3) is 7.45. The molecule has 1 rings (SSSR count). The largest absolute Gasteiger partial charge is 0.466 e. The van der Waals surface area contributed by atoms with Gasteiger partial charge in [-0.25, -0.2) is 0 Å². The molecule has 0 N–H and O–H groups in total. The summed E-state index contributed by atoms with van der Waals surface area (Å²) in [5.41, 5.74) is 2.44. The van der Waals surface area contributed by atoms with Gasteiger partial charge in [0.1, 0.15) is 0 Å². The molecule has 4 heteroatoms. The number of hydrogen-bond donors (Lipinski definition) is 0. The van der Waals surface area contributed by atoms with Gasteiger partial charge >= 0.3 is 11.9 Å². The highest BCUT2D eigenvalue weighted by Gasteiger charge is 2.13. The van der Waals surface area contributed by atoms with Crippen LogP contribution in [0.4, 0.5) is 0 Å². The van der Waals surface area contributed by atoms with Crippen LogP contribution in [0, 0.1) is 0 Å². The van der Waals surface area contributed by atoms with Gasteiger partial charge in [-0.15, -0.1) is 0 Å². The average Bonchev–Trinajstić information content (AvgIpc) is 2.52. The molecule has 124 valence electrons. The summed E-state index contributed by atoms with van der Waals surface area (Å²) in [5, 5.41) is 0. The van der Waals surface area contributed by atoms with Crippen molar-refractivity contribution in [3.05, 3.63) is 59.7 Å². The summed E-state index contributed by atoms with van der Waals surface area (Å²) >= 11 is 0. The van der Waals surface area contributed by atoms with Crippen LogP contribution in [0.25, 0.3) is 0 Å². The van der Waals surface area contributed by atoms with Crippen molar-refractivity contribution < 1.29 is 19.1 Å². The molecule has 0 aliphatic heterocycles. The number of carbonyl (C=O) groups is 2. The van der Waals surface area contributed by atoms with Gasteiger partial charge in [0.15, 0.2) is 0 Å². The molecule has 1 aromatic rings. The molecule has 0 aliphatic rings. The third-order valence-electron chi connectivity index (χ3n) is 3.18. The molecule has 4 nitrogen and oxygen atoms in total. The summed E-state index contributed by atoms with van der Waals surface area (Å²) < 4.78 is 9.92. The van der Waals surface area contributed by atoms with E-state index in [9.17, 15) is 9.59 Å². The Morgan fingerprint density at radius 2 is 1.57 bits per heavy atom. The maximum atomic E-state index is 11.8. The Morgan fingerprint density at radius 3 is 2.13 bits per heavy atom. The van der Waals surface area contributed by atoms with Crippen LogP contribution in [-0.2, 0) is 25.5 Å². The van der Waals surface area contributed by atoms with Crippen molar-refractivity contribution in [1.29, 1.82) is 0 Å². The molecule has 0 saturated carbocycles. The van der Waals surface area contributed by atoms with Crippen molar-refractivity contribution in [2.45, 2.75) is 33.1 Å². The normalized spacial score (nSPS) is 11.0. The van der Waals surface area contributed by atoms with E-state index in [4.69, 9.17) is 9.47 Å². The molecule has 0 bridgehead atoms. The molecule has 1 aromatic carbocycles. The third-order valence-corrected chi connectivity index (χ3v) is 3.18. The quantitative estimate of drug-likeness (QED) is 0.516. The molecule has 23 heavy (non-hydrogen) atoms.